The second-order valence-electron chi connectivity index (χ2n) is 6.51. The quantitative estimate of drug-likeness (QED) is 0.930. The lowest BCUT2D eigenvalue weighted by Gasteiger charge is -2.21. The molecule has 0 saturated carbocycles. The van der Waals surface area contributed by atoms with Crippen molar-refractivity contribution in [2.75, 3.05) is 11.9 Å². The van der Waals surface area contributed by atoms with Crippen molar-refractivity contribution in [1.29, 1.82) is 0 Å². The van der Waals surface area contributed by atoms with Crippen molar-refractivity contribution in [3.05, 3.63) is 54.2 Å². The van der Waals surface area contributed by atoms with Crippen molar-refractivity contribution in [2.24, 2.45) is 10.4 Å². The topological polar surface area (TPSA) is 46.5 Å². The van der Waals surface area contributed by atoms with Gasteiger partial charge in [0.2, 0.25) is 5.90 Å². The molecule has 0 saturated heterocycles. The van der Waals surface area contributed by atoms with Crippen LogP contribution in [0.1, 0.15) is 26.3 Å². The average molecular weight is 295 g/mol. The van der Waals surface area contributed by atoms with Crippen LogP contribution < -0.4 is 5.32 Å². The molecule has 0 unspecified atom stereocenters. The number of hydrogen-bond acceptors (Lipinski definition) is 4. The maximum absolute atomic E-state index is 5.85. The highest BCUT2D eigenvalue weighted by Crippen LogP contribution is 2.29. The molecule has 0 amide bonds. The second kappa shape index (κ2) is 5.79. The molecule has 4 heteroatoms. The third-order valence-electron chi connectivity index (χ3n) is 3.74. The SMILES string of the molecule is CC(C)(C)[C@H]1COC(c2ccccc2Nc2ccccn2)=N1. The van der Waals surface area contributed by atoms with Crippen LogP contribution in [0, 0.1) is 5.41 Å². The van der Waals surface area contributed by atoms with E-state index in [0.717, 1.165) is 17.1 Å². The van der Waals surface area contributed by atoms with Gasteiger partial charge in [-0.1, -0.05) is 39.0 Å². The first kappa shape index (κ1) is 14.6. The van der Waals surface area contributed by atoms with Crippen LogP contribution in [-0.2, 0) is 4.74 Å². The molecule has 0 bridgehead atoms. The Morgan fingerprint density at radius 2 is 1.86 bits per heavy atom. The first-order chi connectivity index (χ1) is 10.5. The number of pyridine rings is 1. The summed E-state index contributed by atoms with van der Waals surface area (Å²) in [6, 6.07) is 14.0. The highest BCUT2D eigenvalue weighted by Gasteiger charge is 2.31. The molecule has 114 valence electrons. The zero-order valence-electron chi connectivity index (χ0n) is 13.2. The molecular weight excluding hydrogens is 274 g/mol. The van der Waals surface area contributed by atoms with Crippen LogP contribution in [0.2, 0.25) is 0 Å². The zero-order chi connectivity index (χ0) is 15.6. The second-order valence-corrected chi connectivity index (χ2v) is 6.51. The van der Waals surface area contributed by atoms with Gasteiger partial charge >= 0.3 is 0 Å². The van der Waals surface area contributed by atoms with Gasteiger partial charge in [0.15, 0.2) is 0 Å². The molecular formula is C18H21N3O. The van der Waals surface area contributed by atoms with Gasteiger partial charge in [-0.05, 0) is 29.7 Å². The van der Waals surface area contributed by atoms with Gasteiger partial charge in [-0.25, -0.2) is 9.98 Å². The van der Waals surface area contributed by atoms with Gasteiger partial charge in [0, 0.05) is 6.20 Å². The van der Waals surface area contributed by atoms with Gasteiger partial charge < -0.3 is 10.1 Å². The van der Waals surface area contributed by atoms with E-state index in [1.807, 2.05) is 42.5 Å². The van der Waals surface area contributed by atoms with Crippen molar-refractivity contribution in [3.8, 4) is 0 Å². The maximum Gasteiger partial charge on any atom is 0.218 e. The molecule has 1 atom stereocenters. The molecule has 22 heavy (non-hydrogen) atoms. The number of rotatable bonds is 3. The van der Waals surface area contributed by atoms with E-state index in [1.54, 1.807) is 6.20 Å². The smallest absolute Gasteiger partial charge is 0.218 e. The molecule has 0 aliphatic carbocycles. The number of benzene rings is 1. The van der Waals surface area contributed by atoms with E-state index >= 15 is 0 Å². The lowest BCUT2D eigenvalue weighted by Crippen LogP contribution is -2.25. The summed E-state index contributed by atoms with van der Waals surface area (Å²) in [6.07, 6.45) is 1.77. The van der Waals surface area contributed by atoms with Crippen LogP contribution in [0.25, 0.3) is 0 Å². The number of ether oxygens (including phenoxy) is 1. The molecule has 3 rings (SSSR count). The minimum absolute atomic E-state index is 0.102. The van der Waals surface area contributed by atoms with Gasteiger partial charge in [0.05, 0.1) is 17.3 Å². The van der Waals surface area contributed by atoms with Crippen molar-refractivity contribution in [2.45, 2.75) is 26.8 Å². The van der Waals surface area contributed by atoms with Crippen LogP contribution in [0.5, 0.6) is 0 Å². The van der Waals surface area contributed by atoms with Crippen molar-refractivity contribution in [3.63, 3.8) is 0 Å². The van der Waals surface area contributed by atoms with Gasteiger partial charge in [-0.3, -0.25) is 0 Å². The Morgan fingerprint density at radius 1 is 1.09 bits per heavy atom. The third-order valence-corrected chi connectivity index (χ3v) is 3.74. The Balaban J connectivity index is 1.89. The fourth-order valence-electron chi connectivity index (χ4n) is 2.32. The number of hydrogen-bond donors (Lipinski definition) is 1. The molecule has 1 aromatic heterocycles. The highest BCUT2D eigenvalue weighted by atomic mass is 16.5. The van der Waals surface area contributed by atoms with Gasteiger partial charge in [-0.15, -0.1) is 0 Å². The van der Waals surface area contributed by atoms with E-state index in [9.17, 15) is 0 Å². The lowest BCUT2D eigenvalue weighted by atomic mass is 9.88. The summed E-state index contributed by atoms with van der Waals surface area (Å²) < 4.78 is 5.85. The third kappa shape index (κ3) is 3.11. The van der Waals surface area contributed by atoms with Crippen LogP contribution in [-0.4, -0.2) is 23.5 Å². The Bertz CT molecular complexity index is 674. The summed E-state index contributed by atoms with van der Waals surface area (Å²) in [5.41, 5.74) is 2.03. The number of para-hydroxylation sites is 1. The fraction of sp³-hybridized carbons (Fsp3) is 0.333. The molecule has 2 heterocycles. The monoisotopic (exact) mass is 295 g/mol. The van der Waals surface area contributed by atoms with Gasteiger partial charge in [0.1, 0.15) is 12.4 Å². The van der Waals surface area contributed by atoms with E-state index in [1.165, 1.54) is 0 Å². The predicted octanol–water partition coefficient (Wildman–Crippen LogP) is 4.02. The lowest BCUT2D eigenvalue weighted by molar-refractivity contribution is 0.236. The summed E-state index contributed by atoms with van der Waals surface area (Å²) in [5.74, 6) is 1.51. The summed E-state index contributed by atoms with van der Waals surface area (Å²) in [5, 5.41) is 3.33. The Kier molecular flexibility index (Phi) is 3.84. The first-order valence-corrected chi connectivity index (χ1v) is 7.52. The Labute approximate surface area is 131 Å². The van der Waals surface area contributed by atoms with Crippen LogP contribution >= 0.6 is 0 Å². The number of aliphatic imine (C=N–C) groups is 1. The molecule has 2 aromatic rings. The molecule has 0 radical (unpaired) electrons. The standard InChI is InChI=1S/C18H21N3O/c1-18(2,3)15-12-22-17(21-15)13-8-4-5-9-14(13)20-16-10-6-7-11-19-16/h4-11,15H,12H2,1-3H3,(H,19,20)/t15-/m1/s1. The molecule has 1 aliphatic heterocycles. The van der Waals surface area contributed by atoms with Crippen molar-refractivity contribution < 1.29 is 4.74 Å². The van der Waals surface area contributed by atoms with Crippen molar-refractivity contribution in [1.82, 2.24) is 4.98 Å². The van der Waals surface area contributed by atoms with Crippen LogP contribution in [0.15, 0.2) is 53.7 Å². The van der Waals surface area contributed by atoms with Gasteiger partial charge in [0.25, 0.3) is 0 Å². The Hall–Kier alpha value is -2.36. The van der Waals surface area contributed by atoms with Crippen LogP contribution in [0.4, 0.5) is 11.5 Å². The number of anilines is 2. The molecule has 4 nitrogen and oxygen atoms in total. The first-order valence-electron chi connectivity index (χ1n) is 7.52. The van der Waals surface area contributed by atoms with E-state index in [-0.39, 0.29) is 11.5 Å². The van der Waals surface area contributed by atoms with Crippen LogP contribution in [0.3, 0.4) is 0 Å². The highest BCUT2D eigenvalue weighted by molar-refractivity contribution is 6.01. The Morgan fingerprint density at radius 3 is 2.55 bits per heavy atom. The largest absolute Gasteiger partial charge is 0.475 e. The van der Waals surface area contributed by atoms with Gasteiger partial charge in [-0.2, -0.15) is 0 Å². The average Bonchev–Trinajstić information content (AvgIpc) is 2.99. The van der Waals surface area contributed by atoms with E-state index in [2.05, 4.69) is 31.1 Å². The van der Waals surface area contributed by atoms with E-state index in [0.29, 0.717) is 12.5 Å². The van der Waals surface area contributed by atoms with Crippen molar-refractivity contribution >= 4 is 17.4 Å². The number of nitrogens with one attached hydrogen (secondary N) is 1. The minimum atomic E-state index is 0.102. The van der Waals surface area contributed by atoms with E-state index < -0.39 is 0 Å². The number of nitrogens with zero attached hydrogens (tertiary/aromatic N) is 2. The molecule has 0 spiro atoms. The molecule has 1 N–H and O–H groups in total. The minimum Gasteiger partial charge on any atom is -0.475 e. The van der Waals surface area contributed by atoms with E-state index in [4.69, 9.17) is 9.73 Å². The predicted molar refractivity (Wildman–Crippen MR) is 89.7 cm³/mol. The summed E-state index contributed by atoms with van der Waals surface area (Å²) in [7, 11) is 0. The summed E-state index contributed by atoms with van der Waals surface area (Å²) >= 11 is 0. The maximum atomic E-state index is 5.85. The number of aromatic nitrogens is 1. The normalized spacial score (nSPS) is 17.8. The molecule has 1 aliphatic rings. The summed E-state index contributed by atoms with van der Waals surface area (Å²) in [4.78, 5) is 9.07. The summed E-state index contributed by atoms with van der Waals surface area (Å²) in [6.45, 7) is 7.19. The fourth-order valence-corrected chi connectivity index (χ4v) is 2.32. The molecule has 0 fully saturated rings. The molecule has 1 aromatic carbocycles. The zero-order valence-corrected chi connectivity index (χ0v) is 13.2.